The van der Waals surface area contributed by atoms with Crippen LogP contribution in [0.4, 0.5) is 0 Å². The highest BCUT2D eigenvalue weighted by atomic mass is 16.5. The van der Waals surface area contributed by atoms with E-state index in [1.807, 2.05) is 24.3 Å². The van der Waals surface area contributed by atoms with E-state index in [0.29, 0.717) is 5.92 Å². The van der Waals surface area contributed by atoms with E-state index < -0.39 is 0 Å². The lowest BCUT2D eigenvalue weighted by Crippen LogP contribution is -2.33. The van der Waals surface area contributed by atoms with Crippen molar-refractivity contribution in [1.82, 2.24) is 5.32 Å². The molecule has 118 valence electrons. The summed E-state index contributed by atoms with van der Waals surface area (Å²) in [5.41, 5.74) is 1.27. The first-order valence-electron chi connectivity index (χ1n) is 8.18. The standard InChI is InChI=1S/C18H29NO2/c1-4-7-8-16(6-3)13-19-18(20)14-21-17-11-9-15(5-2)10-12-17/h9-12,16H,4-8,13-14H2,1-3H3,(H,19,20). The zero-order valence-corrected chi connectivity index (χ0v) is 13.7. The molecule has 0 saturated carbocycles. The van der Waals surface area contributed by atoms with E-state index in [-0.39, 0.29) is 12.5 Å². The molecule has 1 rings (SSSR count). The molecule has 1 aromatic carbocycles. The quantitative estimate of drug-likeness (QED) is 0.708. The Morgan fingerprint density at radius 2 is 1.90 bits per heavy atom. The lowest BCUT2D eigenvalue weighted by molar-refractivity contribution is -0.123. The van der Waals surface area contributed by atoms with E-state index in [4.69, 9.17) is 4.74 Å². The average molecular weight is 291 g/mol. The van der Waals surface area contributed by atoms with Gasteiger partial charge in [0.1, 0.15) is 5.75 Å². The third-order valence-electron chi connectivity index (χ3n) is 3.83. The monoisotopic (exact) mass is 291 g/mol. The van der Waals surface area contributed by atoms with Gasteiger partial charge in [0.25, 0.3) is 5.91 Å². The molecule has 0 saturated heterocycles. The Labute approximate surface area is 129 Å². The summed E-state index contributed by atoms with van der Waals surface area (Å²) in [5.74, 6) is 1.29. The fraction of sp³-hybridized carbons (Fsp3) is 0.611. The molecule has 3 heteroatoms. The molecule has 1 atom stereocenters. The summed E-state index contributed by atoms with van der Waals surface area (Å²) in [6.07, 6.45) is 5.75. The summed E-state index contributed by atoms with van der Waals surface area (Å²) in [4.78, 5) is 11.8. The number of benzene rings is 1. The van der Waals surface area contributed by atoms with Crippen LogP contribution in [-0.4, -0.2) is 19.1 Å². The minimum absolute atomic E-state index is 0.0375. The lowest BCUT2D eigenvalue weighted by atomic mass is 9.99. The van der Waals surface area contributed by atoms with Gasteiger partial charge in [-0.2, -0.15) is 0 Å². The van der Waals surface area contributed by atoms with Gasteiger partial charge in [-0.25, -0.2) is 0 Å². The summed E-state index contributed by atoms with van der Waals surface area (Å²) >= 11 is 0. The van der Waals surface area contributed by atoms with Crippen molar-refractivity contribution in [2.75, 3.05) is 13.2 Å². The highest BCUT2D eigenvalue weighted by Crippen LogP contribution is 2.13. The van der Waals surface area contributed by atoms with Gasteiger partial charge in [-0.1, -0.05) is 52.2 Å². The zero-order valence-electron chi connectivity index (χ0n) is 13.7. The molecule has 0 aliphatic rings. The minimum atomic E-state index is -0.0375. The first kappa shape index (κ1) is 17.5. The molecule has 0 aliphatic heterocycles. The van der Waals surface area contributed by atoms with Crippen molar-refractivity contribution in [3.8, 4) is 5.75 Å². The van der Waals surface area contributed by atoms with Crippen LogP contribution in [0.5, 0.6) is 5.75 Å². The first-order valence-corrected chi connectivity index (χ1v) is 8.18. The number of aryl methyl sites for hydroxylation is 1. The molecule has 0 aliphatic carbocycles. The van der Waals surface area contributed by atoms with Gasteiger partial charge in [0.2, 0.25) is 0 Å². The predicted octanol–water partition coefficient (Wildman–Crippen LogP) is 3.96. The number of rotatable bonds is 10. The van der Waals surface area contributed by atoms with Crippen molar-refractivity contribution in [3.63, 3.8) is 0 Å². The molecule has 1 N–H and O–H groups in total. The number of carbonyl (C=O) groups is 1. The first-order chi connectivity index (χ1) is 10.2. The molecule has 0 bridgehead atoms. The minimum Gasteiger partial charge on any atom is -0.484 e. The van der Waals surface area contributed by atoms with Crippen molar-refractivity contribution in [2.45, 2.75) is 52.9 Å². The topological polar surface area (TPSA) is 38.3 Å². The van der Waals surface area contributed by atoms with Gasteiger partial charge in [0.05, 0.1) is 0 Å². The van der Waals surface area contributed by atoms with Crippen LogP contribution in [0.3, 0.4) is 0 Å². The van der Waals surface area contributed by atoms with E-state index in [1.54, 1.807) is 0 Å². The van der Waals surface area contributed by atoms with Crippen molar-refractivity contribution >= 4 is 5.91 Å². The molecule has 1 amide bonds. The number of ether oxygens (including phenoxy) is 1. The highest BCUT2D eigenvalue weighted by Gasteiger charge is 2.08. The van der Waals surface area contributed by atoms with Crippen molar-refractivity contribution in [2.24, 2.45) is 5.92 Å². The third-order valence-corrected chi connectivity index (χ3v) is 3.83. The molecule has 3 nitrogen and oxygen atoms in total. The van der Waals surface area contributed by atoms with Crippen molar-refractivity contribution < 1.29 is 9.53 Å². The number of amides is 1. The van der Waals surface area contributed by atoms with Crippen molar-refractivity contribution in [1.29, 1.82) is 0 Å². The third kappa shape index (κ3) is 7.16. The van der Waals surface area contributed by atoms with E-state index in [2.05, 4.69) is 26.1 Å². The Bertz CT molecular complexity index is 400. The fourth-order valence-corrected chi connectivity index (χ4v) is 2.22. The van der Waals surface area contributed by atoms with Crippen LogP contribution in [-0.2, 0) is 11.2 Å². The maximum absolute atomic E-state index is 11.8. The van der Waals surface area contributed by atoms with Gasteiger partial charge in [0, 0.05) is 6.54 Å². The number of carbonyl (C=O) groups excluding carboxylic acids is 1. The van der Waals surface area contributed by atoms with Crippen molar-refractivity contribution in [3.05, 3.63) is 29.8 Å². The number of unbranched alkanes of at least 4 members (excludes halogenated alkanes) is 1. The van der Waals surface area contributed by atoms with E-state index >= 15 is 0 Å². The molecule has 21 heavy (non-hydrogen) atoms. The second-order valence-electron chi connectivity index (χ2n) is 5.51. The SMILES string of the molecule is CCCCC(CC)CNC(=O)COc1ccc(CC)cc1. The van der Waals surface area contributed by atoms with Crippen LogP contribution in [0.1, 0.15) is 52.0 Å². The maximum Gasteiger partial charge on any atom is 0.257 e. The lowest BCUT2D eigenvalue weighted by Gasteiger charge is -2.15. The number of hydrogen-bond donors (Lipinski definition) is 1. The van der Waals surface area contributed by atoms with Crippen LogP contribution in [0.25, 0.3) is 0 Å². The Balaban J connectivity index is 2.26. The Hall–Kier alpha value is -1.51. The largest absolute Gasteiger partial charge is 0.484 e. The summed E-state index contributed by atoms with van der Waals surface area (Å²) in [6, 6.07) is 7.90. The molecular weight excluding hydrogens is 262 g/mol. The fourth-order valence-electron chi connectivity index (χ4n) is 2.22. The molecule has 1 aromatic rings. The summed E-state index contributed by atoms with van der Waals surface area (Å²) in [5, 5.41) is 2.97. The van der Waals surface area contributed by atoms with Gasteiger partial charge in [-0.15, -0.1) is 0 Å². The molecule has 0 aromatic heterocycles. The molecule has 1 unspecified atom stereocenters. The molecular formula is C18H29NO2. The molecule has 0 heterocycles. The van der Waals surface area contributed by atoms with E-state index in [9.17, 15) is 4.79 Å². The predicted molar refractivity (Wildman–Crippen MR) is 87.6 cm³/mol. The Morgan fingerprint density at radius 1 is 1.19 bits per heavy atom. The summed E-state index contributed by atoms with van der Waals surface area (Å²) in [7, 11) is 0. The second kappa shape index (κ2) is 10.3. The Morgan fingerprint density at radius 3 is 2.48 bits per heavy atom. The summed E-state index contributed by atoms with van der Waals surface area (Å²) in [6.45, 7) is 7.34. The highest BCUT2D eigenvalue weighted by molar-refractivity contribution is 5.77. The van der Waals surface area contributed by atoms with Crippen LogP contribution in [0, 0.1) is 5.92 Å². The second-order valence-corrected chi connectivity index (χ2v) is 5.51. The maximum atomic E-state index is 11.8. The van der Waals surface area contributed by atoms with Gasteiger partial charge >= 0.3 is 0 Å². The smallest absolute Gasteiger partial charge is 0.257 e. The van der Waals surface area contributed by atoms with Gasteiger partial charge in [0.15, 0.2) is 6.61 Å². The normalized spacial score (nSPS) is 12.0. The van der Waals surface area contributed by atoms with E-state index in [1.165, 1.54) is 24.8 Å². The summed E-state index contributed by atoms with van der Waals surface area (Å²) < 4.78 is 5.50. The van der Waals surface area contributed by atoms with Crippen LogP contribution in [0.15, 0.2) is 24.3 Å². The van der Waals surface area contributed by atoms with Gasteiger partial charge in [-0.3, -0.25) is 4.79 Å². The zero-order chi connectivity index (χ0) is 15.5. The average Bonchev–Trinajstić information content (AvgIpc) is 2.53. The van der Waals surface area contributed by atoms with E-state index in [0.717, 1.165) is 25.1 Å². The van der Waals surface area contributed by atoms with Gasteiger partial charge in [-0.05, 0) is 36.5 Å². The number of nitrogens with one attached hydrogen (secondary N) is 1. The van der Waals surface area contributed by atoms with Crippen LogP contribution in [0.2, 0.25) is 0 Å². The van der Waals surface area contributed by atoms with Crippen LogP contribution < -0.4 is 10.1 Å². The van der Waals surface area contributed by atoms with Gasteiger partial charge < -0.3 is 10.1 Å². The van der Waals surface area contributed by atoms with Crippen LogP contribution >= 0.6 is 0 Å². The molecule has 0 spiro atoms. The Kier molecular flexibility index (Phi) is 8.56. The molecule has 0 fully saturated rings. The number of hydrogen-bond acceptors (Lipinski definition) is 2. The molecule has 0 radical (unpaired) electrons.